The van der Waals surface area contributed by atoms with Gasteiger partial charge in [0.15, 0.2) is 5.65 Å². The number of nitrogens with zero attached hydrogens (tertiary/aromatic N) is 4. The van der Waals surface area contributed by atoms with E-state index in [-0.39, 0.29) is 5.91 Å². The van der Waals surface area contributed by atoms with Crippen LogP contribution in [0.3, 0.4) is 0 Å². The number of hydrogen-bond acceptors (Lipinski definition) is 3. The molecule has 9 heteroatoms. The van der Waals surface area contributed by atoms with Crippen molar-refractivity contribution < 1.29 is 18.0 Å². The summed E-state index contributed by atoms with van der Waals surface area (Å²) in [4.78, 5) is 16.9. The molecule has 0 atom stereocenters. The van der Waals surface area contributed by atoms with Crippen LogP contribution in [0, 0.1) is 0 Å². The van der Waals surface area contributed by atoms with E-state index in [2.05, 4.69) is 15.4 Å². The second kappa shape index (κ2) is 7.77. The van der Waals surface area contributed by atoms with Crippen molar-refractivity contribution in [2.24, 2.45) is 7.05 Å². The Kier molecular flexibility index (Phi) is 4.88. The summed E-state index contributed by atoms with van der Waals surface area (Å²) < 4.78 is 42.4. The van der Waals surface area contributed by atoms with Gasteiger partial charge in [0, 0.05) is 41.5 Å². The molecule has 5 rings (SSSR count). The number of amides is 1. The van der Waals surface area contributed by atoms with Crippen LogP contribution in [-0.2, 0) is 19.8 Å². The number of hydrogen-bond donors (Lipinski definition) is 1. The molecular weight excluding hydrogens is 431 g/mol. The average Bonchev–Trinajstić information content (AvgIpc) is 3.32. The Hall–Kier alpha value is -4.14. The molecule has 2 aromatic carbocycles. The van der Waals surface area contributed by atoms with Gasteiger partial charge in [0.25, 0.3) is 5.91 Å². The second-order valence-corrected chi connectivity index (χ2v) is 7.66. The van der Waals surface area contributed by atoms with Gasteiger partial charge in [-0.05, 0) is 54.6 Å². The predicted octanol–water partition coefficient (Wildman–Crippen LogP) is 4.86. The number of carbonyl (C=O) groups excluding carboxylic acids is 1. The molecule has 0 aliphatic carbocycles. The van der Waals surface area contributed by atoms with Gasteiger partial charge < -0.3 is 5.32 Å². The summed E-state index contributed by atoms with van der Waals surface area (Å²) in [6, 6.07) is 15.7. The molecule has 166 valence electrons. The van der Waals surface area contributed by atoms with E-state index in [0.717, 1.165) is 34.1 Å². The molecular formula is C24H18F3N5O. The van der Waals surface area contributed by atoms with E-state index in [1.165, 1.54) is 12.1 Å². The van der Waals surface area contributed by atoms with Crippen LogP contribution in [0.2, 0.25) is 0 Å². The molecule has 6 nitrogen and oxygen atoms in total. The lowest BCUT2D eigenvalue weighted by atomic mass is 10.1. The van der Waals surface area contributed by atoms with Crippen LogP contribution in [0.5, 0.6) is 0 Å². The van der Waals surface area contributed by atoms with Crippen molar-refractivity contribution in [1.29, 1.82) is 0 Å². The number of nitrogens with one attached hydrogen (secondary N) is 1. The molecule has 5 aromatic rings. The summed E-state index contributed by atoms with van der Waals surface area (Å²) in [5.74, 6) is -0.248. The van der Waals surface area contributed by atoms with E-state index in [9.17, 15) is 18.0 Å². The average molecular weight is 449 g/mol. The van der Waals surface area contributed by atoms with E-state index in [1.54, 1.807) is 46.8 Å². The van der Waals surface area contributed by atoms with Gasteiger partial charge in [-0.3, -0.25) is 19.0 Å². The number of carbonyl (C=O) groups is 1. The third-order valence-corrected chi connectivity index (χ3v) is 5.42. The number of halogens is 3. The zero-order chi connectivity index (χ0) is 23.2. The number of aryl methyl sites for hydroxylation is 1. The zero-order valence-corrected chi connectivity index (χ0v) is 17.5. The maximum Gasteiger partial charge on any atom is 0.416 e. The molecule has 0 unspecified atom stereocenters. The largest absolute Gasteiger partial charge is 0.416 e. The second-order valence-electron chi connectivity index (χ2n) is 7.66. The third-order valence-electron chi connectivity index (χ3n) is 5.42. The molecule has 1 amide bonds. The zero-order valence-electron chi connectivity index (χ0n) is 17.5. The van der Waals surface area contributed by atoms with Gasteiger partial charge in [-0.15, -0.1) is 0 Å². The molecule has 0 spiro atoms. The van der Waals surface area contributed by atoms with Crippen LogP contribution >= 0.6 is 0 Å². The van der Waals surface area contributed by atoms with Crippen molar-refractivity contribution in [1.82, 2.24) is 24.6 Å². The maximum atomic E-state index is 13.0. The van der Waals surface area contributed by atoms with Crippen molar-refractivity contribution in [3.8, 4) is 5.69 Å². The van der Waals surface area contributed by atoms with Crippen molar-refractivity contribution in [3.63, 3.8) is 0 Å². The summed E-state index contributed by atoms with van der Waals surface area (Å²) in [5.41, 5.74) is 2.39. The Morgan fingerprint density at radius 1 is 1.03 bits per heavy atom. The number of aromatic nitrogens is 4. The molecule has 0 saturated heterocycles. The summed E-state index contributed by atoms with van der Waals surface area (Å²) in [6.45, 7) is 0.298. The van der Waals surface area contributed by atoms with Gasteiger partial charge in [0.1, 0.15) is 0 Å². The van der Waals surface area contributed by atoms with E-state index in [0.29, 0.717) is 23.4 Å². The van der Waals surface area contributed by atoms with Crippen LogP contribution in [0.25, 0.3) is 27.6 Å². The molecule has 3 heterocycles. The van der Waals surface area contributed by atoms with E-state index < -0.39 is 11.7 Å². The smallest absolute Gasteiger partial charge is 0.346 e. The number of benzene rings is 2. The van der Waals surface area contributed by atoms with Crippen LogP contribution < -0.4 is 5.32 Å². The molecule has 1 N–H and O–H groups in total. The van der Waals surface area contributed by atoms with E-state index >= 15 is 0 Å². The van der Waals surface area contributed by atoms with Crippen LogP contribution in [-0.4, -0.2) is 25.2 Å². The van der Waals surface area contributed by atoms with Gasteiger partial charge in [0.2, 0.25) is 0 Å². The first-order valence-electron chi connectivity index (χ1n) is 10.1. The molecule has 0 aliphatic rings. The SMILES string of the molecule is Cn1cc2c3cc(C(=O)NCc4ccccn4)ccc3n(-c3ccc(C(F)(F)F)cc3)c2n1. The Bertz CT molecular complexity index is 1470. The van der Waals surface area contributed by atoms with Crippen molar-refractivity contribution in [2.75, 3.05) is 0 Å². The first-order chi connectivity index (χ1) is 15.8. The lowest BCUT2D eigenvalue weighted by Gasteiger charge is -2.10. The van der Waals surface area contributed by atoms with Crippen LogP contribution in [0.15, 0.2) is 73.1 Å². The molecule has 0 aliphatic heterocycles. The lowest BCUT2D eigenvalue weighted by Crippen LogP contribution is -2.23. The highest BCUT2D eigenvalue weighted by atomic mass is 19.4. The highest BCUT2D eigenvalue weighted by molar-refractivity contribution is 6.10. The van der Waals surface area contributed by atoms with Crippen molar-refractivity contribution in [3.05, 3.63) is 89.9 Å². The van der Waals surface area contributed by atoms with Crippen LogP contribution in [0.4, 0.5) is 13.2 Å². The fourth-order valence-electron chi connectivity index (χ4n) is 3.87. The van der Waals surface area contributed by atoms with E-state index in [4.69, 9.17) is 0 Å². The Morgan fingerprint density at radius 3 is 2.52 bits per heavy atom. The normalized spacial score (nSPS) is 11.9. The van der Waals surface area contributed by atoms with Crippen molar-refractivity contribution >= 4 is 27.8 Å². The Balaban J connectivity index is 1.55. The highest BCUT2D eigenvalue weighted by Gasteiger charge is 2.30. The summed E-state index contributed by atoms with van der Waals surface area (Å²) >= 11 is 0. The minimum Gasteiger partial charge on any atom is -0.346 e. The summed E-state index contributed by atoms with van der Waals surface area (Å²) in [7, 11) is 1.77. The Labute approximate surface area is 186 Å². The van der Waals surface area contributed by atoms with Gasteiger partial charge in [-0.1, -0.05) is 6.07 Å². The van der Waals surface area contributed by atoms with Crippen LogP contribution in [0.1, 0.15) is 21.6 Å². The highest BCUT2D eigenvalue weighted by Crippen LogP contribution is 2.34. The monoisotopic (exact) mass is 449 g/mol. The minimum atomic E-state index is -4.41. The van der Waals surface area contributed by atoms with Gasteiger partial charge in [-0.25, -0.2) is 0 Å². The third kappa shape index (κ3) is 3.82. The van der Waals surface area contributed by atoms with E-state index in [1.807, 2.05) is 18.3 Å². The summed E-state index contributed by atoms with van der Waals surface area (Å²) in [5, 5.41) is 8.93. The van der Waals surface area contributed by atoms with Gasteiger partial charge in [0.05, 0.1) is 23.3 Å². The maximum absolute atomic E-state index is 13.0. The minimum absolute atomic E-state index is 0.248. The van der Waals surface area contributed by atoms with Crippen molar-refractivity contribution in [2.45, 2.75) is 12.7 Å². The number of alkyl halides is 3. The first-order valence-corrected chi connectivity index (χ1v) is 10.1. The molecule has 0 saturated carbocycles. The van der Waals surface area contributed by atoms with Gasteiger partial charge in [-0.2, -0.15) is 18.3 Å². The standard InChI is InChI=1S/C24H18F3N5O/c1-31-14-20-19-12-15(23(33)29-13-17-4-2-3-11-28-17)5-10-21(19)32(22(20)30-31)18-8-6-16(7-9-18)24(25,26)27/h2-12,14H,13H2,1H3,(H,29,33). The molecule has 0 bridgehead atoms. The predicted molar refractivity (Wildman–Crippen MR) is 118 cm³/mol. The molecule has 3 aromatic heterocycles. The Morgan fingerprint density at radius 2 is 1.82 bits per heavy atom. The lowest BCUT2D eigenvalue weighted by molar-refractivity contribution is -0.137. The topological polar surface area (TPSA) is 64.7 Å². The molecule has 33 heavy (non-hydrogen) atoms. The number of pyridine rings is 1. The summed E-state index contributed by atoms with van der Waals surface area (Å²) in [6.07, 6.45) is -0.917. The number of fused-ring (bicyclic) bond motifs is 3. The fourth-order valence-corrected chi connectivity index (χ4v) is 3.87. The van der Waals surface area contributed by atoms with Gasteiger partial charge >= 0.3 is 6.18 Å². The molecule has 0 radical (unpaired) electrons. The fraction of sp³-hybridized carbons (Fsp3) is 0.125. The quantitative estimate of drug-likeness (QED) is 0.426. The molecule has 0 fully saturated rings. The first kappa shape index (κ1) is 20.7. The number of rotatable bonds is 4.